The minimum atomic E-state index is 0.332. The van der Waals surface area contributed by atoms with E-state index < -0.39 is 0 Å². The molecule has 0 radical (unpaired) electrons. The lowest BCUT2D eigenvalue weighted by Gasteiger charge is -2.16. The quantitative estimate of drug-likeness (QED) is 0.258. The van der Waals surface area contributed by atoms with E-state index >= 15 is 0 Å². The van der Waals surface area contributed by atoms with Crippen LogP contribution < -0.4 is 39.7 Å². The molecule has 7 nitrogen and oxygen atoms in total. The van der Waals surface area contributed by atoms with Gasteiger partial charge in [0.05, 0.1) is 0 Å². The Morgan fingerprint density at radius 3 is 1.19 bits per heavy atom. The minimum Gasteiger partial charge on any atom is -0.330 e. The van der Waals surface area contributed by atoms with Crippen LogP contribution in [0, 0.1) is 5.92 Å². The average molecular weight is 392 g/mol. The fourth-order valence-electron chi connectivity index (χ4n) is 2.05. The summed E-state index contributed by atoms with van der Waals surface area (Å²) in [5.41, 5.74) is 32.8. The highest BCUT2D eigenvalue weighted by molar-refractivity contribution is 4.67. The van der Waals surface area contributed by atoms with Gasteiger partial charge >= 0.3 is 0 Å². The second-order valence-electron chi connectivity index (χ2n) is 8.22. The second-order valence-corrected chi connectivity index (χ2v) is 8.22. The van der Waals surface area contributed by atoms with Gasteiger partial charge in [-0.25, -0.2) is 0 Å². The summed E-state index contributed by atoms with van der Waals surface area (Å²) in [6.45, 7) is 14.5. The van der Waals surface area contributed by atoms with Gasteiger partial charge < -0.3 is 39.7 Å². The molecule has 0 aliphatic heterocycles. The molecule has 0 heterocycles. The third-order valence-electron chi connectivity index (χ3n) is 4.11. The first-order valence-corrected chi connectivity index (χ1v) is 10.6. The molecule has 0 amide bonds. The normalized spacial score (nSPS) is 17.3. The van der Waals surface area contributed by atoms with E-state index in [2.05, 4.69) is 12.2 Å². The summed E-state index contributed by atoms with van der Waals surface area (Å²) < 4.78 is 0. The van der Waals surface area contributed by atoms with Crippen molar-refractivity contribution in [2.24, 2.45) is 40.3 Å². The van der Waals surface area contributed by atoms with Crippen LogP contribution in [0.1, 0.15) is 73.6 Å². The van der Waals surface area contributed by atoms with Crippen molar-refractivity contribution in [3.63, 3.8) is 0 Å². The molecule has 0 aliphatic rings. The highest BCUT2D eigenvalue weighted by Crippen LogP contribution is 2.04. The summed E-state index contributed by atoms with van der Waals surface area (Å²) in [5, 5.41) is 3.23. The molecule has 0 saturated carbocycles. The van der Waals surface area contributed by atoms with Crippen LogP contribution in [0.25, 0.3) is 0 Å². The highest BCUT2D eigenvalue weighted by atomic mass is 15.0. The van der Waals surface area contributed by atoms with Crippen molar-refractivity contribution >= 4 is 0 Å². The molecule has 168 valence electrons. The van der Waals surface area contributed by atoms with Gasteiger partial charge in [-0.3, -0.25) is 0 Å². The van der Waals surface area contributed by atoms with Crippen LogP contribution in [0.3, 0.4) is 0 Å². The number of nitrogens with one attached hydrogen (secondary N) is 1. The Hall–Kier alpha value is -0.280. The molecule has 0 aromatic rings. The van der Waals surface area contributed by atoms with Crippen molar-refractivity contribution in [3.8, 4) is 0 Å². The number of hydrogen-bond acceptors (Lipinski definition) is 7. The van der Waals surface area contributed by atoms with Crippen molar-refractivity contribution < 1.29 is 0 Å². The van der Waals surface area contributed by atoms with Crippen molar-refractivity contribution in [2.75, 3.05) is 19.6 Å². The zero-order valence-corrected chi connectivity index (χ0v) is 19.1. The molecule has 0 fully saturated rings. The van der Waals surface area contributed by atoms with Gasteiger partial charge in [-0.05, 0) is 72.8 Å². The molecule has 0 saturated heterocycles. The summed E-state index contributed by atoms with van der Waals surface area (Å²) >= 11 is 0. The first-order chi connectivity index (χ1) is 12.5. The van der Waals surface area contributed by atoms with E-state index in [1.807, 2.05) is 34.6 Å². The summed E-state index contributed by atoms with van der Waals surface area (Å²) in [4.78, 5) is 0. The summed E-state index contributed by atoms with van der Waals surface area (Å²) in [6.07, 6.45) is 5.62. The standard InChI is InChI=1S/2C7H18N2.C6H17N3/c1-6(5-8)3-4-7(2)9;1-6(8)4-3-5-7(2)9;1-5(3-7)9-6(2)4-8/h2*6-7H,3-5,8-9H2,1-2H3;5-6,9H,3-4,7-8H2,1-2H3. The predicted octanol–water partition coefficient (Wildman–Crippen LogP) is 0.830. The lowest BCUT2D eigenvalue weighted by molar-refractivity contribution is 0.477. The van der Waals surface area contributed by atoms with E-state index in [4.69, 9.17) is 34.4 Å². The van der Waals surface area contributed by atoms with Gasteiger partial charge in [0.15, 0.2) is 0 Å². The SMILES string of the molecule is CC(CN)NC(C)CN.CC(N)CCC(C)CN.CC(N)CCCC(C)N. The van der Waals surface area contributed by atoms with Crippen LogP contribution in [-0.4, -0.2) is 49.8 Å². The van der Waals surface area contributed by atoms with Gasteiger partial charge in [0.1, 0.15) is 0 Å². The maximum atomic E-state index is 5.55. The molecular formula is C20H53N7. The molecule has 7 heteroatoms. The summed E-state index contributed by atoms with van der Waals surface area (Å²) in [5.74, 6) is 0.635. The molecule has 27 heavy (non-hydrogen) atoms. The number of hydrogen-bond donors (Lipinski definition) is 7. The Kier molecular flexibility index (Phi) is 25.6. The van der Waals surface area contributed by atoms with Crippen LogP contribution in [0.2, 0.25) is 0 Å². The first kappa shape index (κ1) is 31.4. The Labute approximate surface area is 169 Å². The summed E-state index contributed by atoms with van der Waals surface area (Å²) in [6, 6.07) is 1.76. The maximum absolute atomic E-state index is 5.55. The van der Waals surface area contributed by atoms with E-state index in [9.17, 15) is 0 Å². The Morgan fingerprint density at radius 2 is 0.926 bits per heavy atom. The van der Waals surface area contributed by atoms with Gasteiger partial charge in [0, 0.05) is 43.3 Å². The molecule has 0 bridgehead atoms. The van der Waals surface area contributed by atoms with E-state index in [1.54, 1.807) is 0 Å². The number of nitrogens with two attached hydrogens (primary N) is 6. The molecule has 13 N–H and O–H groups in total. The van der Waals surface area contributed by atoms with Crippen molar-refractivity contribution in [1.82, 2.24) is 5.32 Å². The molecule has 0 aliphatic carbocycles. The van der Waals surface area contributed by atoms with Crippen LogP contribution in [0.15, 0.2) is 0 Å². The zero-order chi connectivity index (χ0) is 21.8. The average Bonchev–Trinajstić information content (AvgIpc) is 2.59. The Morgan fingerprint density at radius 1 is 0.556 bits per heavy atom. The zero-order valence-electron chi connectivity index (χ0n) is 19.1. The summed E-state index contributed by atoms with van der Waals surface area (Å²) in [7, 11) is 0. The van der Waals surface area contributed by atoms with E-state index in [-0.39, 0.29) is 0 Å². The first-order valence-electron chi connectivity index (χ1n) is 10.6. The lowest BCUT2D eigenvalue weighted by Crippen LogP contribution is -2.42. The van der Waals surface area contributed by atoms with Gasteiger partial charge in [-0.1, -0.05) is 13.3 Å². The fourth-order valence-corrected chi connectivity index (χ4v) is 2.05. The van der Waals surface area contributed by atoms with Gasteiger partial charge in [0.25, 0.3) is 0 Å². The molecule has 0 aromatic heterocycles. The van der Waals surface area contributed by atoms with E-state index in [1.165, 1.54) is 0 Å². The van der Waals surface area contributed by atoms with Crippen molar-refractivity contribution in [2.45, 2.75) is 104 Å². The highest BCUT2D eigenvalue weighted by Gasteiger charge is 2.01. The van der Waals surface area contributed by atoms with E-state index in [0.717, 1.165) is 38.6 Å². The topological polar surface area (TPSA) is 168 Å². The monoisotopic (exact) mass is 391 g/mol. The largest absolute Gasteiger partial charge is 0.330 e. The van der Waals surface area contributed by atoms with Crippen molar-refractivity contribution in [1.29, 1.82) is 0 Å². The minimum absolute atomic E-state index is 0.332. The predicted molar refractivity (Wildman–Crippen MR) is 122 cm³/mol. The van der Waals surface area contributed by atoms with Crippen LogP contribution in [-0.2, 0) is 0 Å². The Balaban J connectivity index is -0.000000320. The molecule has 0 rings (SSSR count). The molecule has 0 spiro atoms. The van der Waals surface area contributed by atoms with E-state index in [0.29, 0.717) is 49.2 Å². The Bertz CT molecular complexity index is 257. The molecule has 0 aromatic carbocycles. The third-order valence-corrected chi connectivity index (χ3v) is 4.11. The van der Waals surface area contributed by atoms with Crippen LogP contribution >= 0.6 is 0 Å². The molecule has 6 unspecified atom stereocenters. The molecular weight excluding hydrogens is 338 g/mol. The van der Waals surface area contributed by atoms with Gasteiger partial charge in [0.2, 0.25) is 0 Å². The van der Waals surface area contributed by atoms with Crippen molar-refractivity contribution in [3.05, 3.63) is 0 Å². The molecule has 6 atom stereocenters. The lowest BCUT2D eigenvalue weighted by atomic mass is 10.0. The van der Waals surface area contributed by atoms with Gasteiger partial charge in [-0.15, -0.1) is 0 Å². The number of rotatable bonds is 12. The maximum Gasteiger partial charge on any atom is 0.0164 e. The second kappa shape index (κ2) is 22.0. The fraction of sp³-hybridized carbons (Fsp3) is 1.00. The van der Waals surface area contributed by atoms with Crippen LogP contribution in [0.4, 0.5) is 0 Å². The van der Waals surface area contributed by atoms with Crippen LogP contribution in [0.5, 0.6) is 0 Å². The smallest absolute Gasteiger partial charge is 0.0164 e. The van der Waals surface area contributed by atoms with Gasteiger partial charge in [-0.2, -0.15) is 0 Å². The third kappa shape index (κ3) is 33.7.